The molecule has 0 unspecified atom stereocenters. The van der Waals surface area contributed by atoms with Crippen LogP contribution in [-0.4, -0.2) is 10.2 Å². The van der Waals surface area contributed by atoms with Gasteiger partial charge in [0, 0.05) is 17.3 Å². The van der Waals surface area contributed by atoms with Crippen molar-refractivity contribution in [3.8, 4) is 11.3 Å². The van der Waals surface area contributed by atoms with Gasteiger partial charge in [-0.05, 0) is 42.8 Å². The molecule has 22 heavy (non-hydrogen) atoms. The number of carbonyl (C=O) groups is 1. The Bertz CT molecular complexity index is 796. The van der Waals surface area contributed by atoms with Crippen LogP contribution < -0.4 is 10.8 Å². The van der Waals surface area contributed by atoms with Gasteiger partial charge in [-0.15, -0.1) is 0 Å². The molecule has 112 valence electrons. The highest BCUT2D eigenvalue weighted by atomic mass is 32.2. The summed E-state index contributed by atoms with van der Waals surface area (Å²) >= 11 is 6.15. The average Bonchev–Trinajstić information content (AvgIpc) is 3.06. The van der Waals surface area contributed by atoms with Gasteiger partial charge in [-0.2, -0.15) is 0 Å². The van der Waals surface area contributed by atoms with Crippen molar-refractivity contribution in [3.05, 3.63) is 51.8 Å². The predicted molar refractivity (Wildman–Crippen MR) is 92.2 cm³/mol. The van der Waals surface area contributed by atoms with Crippen molar-refractivity contribution < 1.29 is 9.21 Å². The Kier molecular flexibility index (Phi) is 4.02. The minimum absolute atomic E-state index is 0.213. The molecule has 1 aromatic carbocycles. The molecule has 1 amide bonds. The van der Waals surface area contributed by atoms with E-state index in [1.54, 1.807) is 24.3 Å². The summed E-state index contributed by atoms with van der Waals surface area (Å²) in [7, 11) is 0. The fraction of sp³-hybridized carbons (Fsp3) is 0.0667. The average molecular weight is 331 g/mol. The Balaban J connectivity index is 1.88. The van der Waals surface area contributed by atoms with Gasteiger partial charge in [-0.3, -0.25) is 4.79 Å². The number of aryl methyl sites for hydroxylation is 1. The van der Waals surface area contributed by atoms with E-state index in [9.17, 15) is 10.0 Å². The molecule has 0 radical (unpaired) electrons. The summed E-state index contributed by atoms with van der Waals surface area (Å²) < 4.78 is 6.18. The van der Waals surface area contributed by atoms with Crippen LogP contribution in [0.1, 0.15) is 11.3 Å². The van der Waals surface area contributed by atoms with Crippen LogP contribution in [0.5, 0.6) is 0 Å². The number of anilines is 1. The summed E-state index contributed by atoms with van der Waals surface area (Å²) in [6.45, 7) is 1.84. The molecule has 1 aromatic heterocycles. The summed E-state index contributed by atoms with van der Waals surface area (Å²) in [6.07, 6.45) is 1.66. The van der Waals surface area contributed by atoms with Gasteiger partial charge in [0.2, 0.25) is 0 Å². The zero-order chi connectivity index (χ0) is 15.7. The van der Waals surface area contributed by atoms with Crippen LogP contribution in [0, 0.1) is 12.1 Å². The number of furan rings is 1. The topological polar surface area (TPSA) is 77.3 Å². The maximum Gasteiger partial charge on any atom is 0.263 e. The number of rotatable bonds is 3. The minimum atomic E-state index is -0.213. The fourth-order valence-electron chi connectivity index (χ4n) is 2.07. The zero-order valence-corrected chi connectivity index (χ0v) is 13.1. The van der Waals surface area contributed by atoms with E-state index in [-0.39, 0.29) is 5.91 Å². The molecule has 0 atom stereocenters. The second kappa shape index (κ2) is 5.96. The number of amides is 1. The van der Waals surface area contributed by atoms with Crippen molar-refractivity contribution in [3.63, 3.8) is 0 Å². The highest BCUT2D eigenvalue weighted by Crippen LogP contribution is 2.30. The molecule has 2 N–H and O–H groups in total. The van der Waals surface area contributed by atoms with E-state index < -0.39 is 0 Å². The largest absolute Gasteiger partial charge is 0.761 e. The van der Waals surface area contributed by atoms with Crippen LogP contribution in [0.3, 0.4) is 0 Å². The van der Waals surface area contributed by atoms with E-state index >= 15 is 0 Å². The molecule has 5 nitrogen and oxygen atoms in total. The molecule has 1 aliphatic heterocycles. The Morgan fingerprint density at radius 2 is 2.18 bits per heavy atom. The van der Waals surface area contributed by atoms with E-state index in [2.05, 4.69) is 5.32 Å². The van der Waals surface area contributed by atoms with E-state index in [1.165, 1.54) is 11.8 Å². The highest BCUT2D eigenvalue weighted by Gasteiger charge is 2.22. The third-order valence-electron chi connectivity index (χ3n) is 3.16. The van der Waals surface area contributed by atoms with Gasteiger partial charge in [0.15, 0.2) is 0 Å². The van der Waals surface area contributed by atoms with Crippen LogP contribution in [0.15, 0.2) is 39.7 Å². The van der Waals surface area contributed by atoms with Gasteiger partial charge in [0.1, 0.15) is 15.8 Å². The third-order valence-corrected chi connectivity index (χ3v) is 4.33. The van der Waals surface area contributed by atoms with Crippen LogP contribution >= 0.6 is 24.0 Å². The van der Waals surface area contributed by atoms with Gasteiger partial charge in [0.05, 0.1) is 4.91 Å². The molecule has 1 aliphatic rings. The lowest BCUT2D eigenvalue weighted by Crippen LogP contribution is -2.17. The van der Waals surface area contributed by atoms with E-state index in [0.29, 0.717) is 26.4 Å². The summed E-state index contributed by atoms with van der Waals surface area (Å²) in [5.74, 6) is 1.02. The normalized spacial score (nSPS) is 16.2. The van der Waals surface area contributed by atoms with Gasteiger partial charge >= 0.3 is 0 Å². The Labute approximate surface area is 136 Å². The molecule has 1 saturated heterocycles. The lowest BCUT2D eigenvalue weighted by Gasteiger charge is -2.12. The Morgan fingerprint density at radius 3 is 2.82 bits per heavy atom. The number of thiocarbonyl (C=S) groups is 1. The Hall–Kier alpha value is -2.09. The van der Waals surface area contributed by atoms with Crippen LogP contribution in [-0.2, 0) is 4.79 Å². The van der Waals surface area contributed by atoms with E-state index in [0.717, 1.165) is 11.1 Å². The second-order valence-electron chi connectivity index (χ2n) is 4.69. The number of carbonyl (C=O) groups excluding carboxylic acids is 1. The van der Waals surface area contributed by atoms with Gasteiger partial charge in [0.25, 0.3) is 5.91 Å². The maximum absolute atomic E-state index is 11.6. The SMILES string of the molecule is Cc1cc(-c2ccc(/C=C3\SC(=S)NC3=O)o2)ccc1N[O-]. The first kappa shape index (κ1) is 14.8. The van der Waals surface area contributed by atoms with Crippen molar-refractivity contribution in [2.75, 3.05) is 5.48 Å². The first-order valence-electron chi connectivity index (χ1n) is 6.40. The van der Waals surface area contributed by atoms with Gasteiger partial charge in [-0.25, -0.2) is 0 Å². The molecule has 7 heteroatoms. The standard InChI is InChI=1S/C15H11N2O3S2/c1-8-6-9(2-4-11(8)17-19)12-5-3-10(20-12)7-13-14(18)16-15(21)22-13/h2-7,17H,1H3,(H,16,18,21)/q-1/b13-7-. The Morgan fingerprint density at radius 1 is 1.36 bits per heavy atom. The molecule has 2 heterocycles. The van der Waals surface area contributed by atoms with Gasteiger partial charge < -0.3 is 20.4 Å². The predicted octanol–water partition coefficient (Wildman–Crippen LogP) is 3.65. The molecule has 2 aromatic rings. The molecule has 0 bridgehead atoms. The second-order valence-corrected chi connectivity index (χ2v) is 6.40. The van der Waals surface area contributed by atoms with E-state index in [1.807, 2.05) is 24.5 Å². The van der Waals surface area contributed by atoms with Crippen molar-refractivity contribution in [2.45, 2.75) is 6.92 Å². The smallest absolute Gasteiger partial charge is 0.263 e. The quantitative estimate of drug-likeness (QED) is 0.508. The monoisotopic (exact) mass is 331 g/mol. The number of hydrogen-bond donors (Lipinski definition) is 2. The van der Waals surface area contributed by atoms with Crippen LogP contribution in [0.2, 0.25) is 0 Å². The molecule has 1 fully saturated rings. The summed E-state index contributed by atoms with van der Waals surface area (Å²) in [5.41, 5.74) is 4.11. The summed E-state index contributed by atoms with van der Waals surface area (Å²) in [6, 6.07) is 8.97. The molecule has 3 rings (SSSR count). The fourth-order valence-corrected chi connectivity index (χ4v) is 3.09. The highest BCUT2D eigenvalue weighted by molar-refractivity contribution is 8.26. The lowest BCUT2D eigenvalue weighted by molar-refractivity contribution is -0.115. The molecular formula is C15H11N2O3S2-. The molecule has 0 aliphatic carbocycles. The molecule has 0 spiro atoms. The van der Waals surface area contributed by atoms with Crippen molar-refractivity contribution in [2.24, 2.45) is 0 Å². The lowest BCUT2D eigenvalue weighted by atomic mass is 10.1. The van der Waals surface area contributed by atoms with Crippen LogP contribution in [0.25, 0.3) is 17.4 Å². The zero-order valence-electron chi connectivity index (χ0n) is 11.5. The number of thioether (sulfide) groups is 1. The molecule has 0 saturated carbocycles. The minimum Gasteiger partial charge on any atom is -0.761 e. The summed E-state index contributed by atoms with van der Waals surface area (Å²) in [5, 5.41) is 13.3. The number of hydrogen-bond acceptors (Lipinski definition) is 6. The van der Waals surface area contributed by atoms with E-state index in [4.69, 9.17) is 16.6 Å². The number of benzene rings is 1. The van der Waals surface area contributed by atoms with Crippen molar-refractivity contribution in [1.29, 1.82) is 0 Å². The van der Waals surface area contributed by atoms with Gasteiger partial charge in [-0.1, -0.05) is 24.0 Å². The molecular weight excluding hydrogens is 320 g/mol. The first-order valence-corrected chi connectivity index (χ1v) is 7.63. The maximum atomic E-state index is 11.6. The van der Waals surface area contributed by atoms with Crippen molar-refractivity contribution in [1.82, 2.24) is 5.32 Å². The van der Waals surface area contributed by atoms with Crippen LogP contribution in [0.4, 0.5) is 5.69 Å². The van der Waals surface area contributed by atoms with Crippen molar-refractivity contribution >= 4 is 46.0 Å². The third kappa shape index (κ3) is 2.92. The first-order chi connectivity index (χ1) is 10.6. The number of nitrogens with one attached hydrogen (secondary N) is 2. The summed E-state index contributed by atoms with van der Waals surface area (Å²) in [4.78, 5) is 12.1.